The fourth-order valence-electron chi connectivity index (χ4n) is 4.52. The van der Waals surface area contributed by atoms with Crippen LogP contribution in [0.4, 0.5) is 13.2 Å². The van der Waals surface area contributed by atoms with Crippen molar-refractivity contribution in [1.29, 1.82) is 0 Å². The molecule has 1 atom stereocenters. The largest absolute Gasteiger partial charge is 0.573 e. The van der Waals surface area contributed by atoms with Crippen molar-refractivity contribution >= 4 is 5.91 Å². The van der Waals surface area contributed by atoms with E-state index in [1.807, 2.05) is 13.0 Å². The number of likely N-dealkylation sites (tertiary alicyclic amines) is 1. The number of ether oxygens (including phenoxy) is 2. The van der Waals surface area contributed by atoms with E-state index in [-0.39, 0.29) is 18.2 Å². The Kier molecular flexibility index (Phi) is 6.65. The first-order chi connectivity index (χ1) is 15.6. The van der Waals surface area contributed by atoms with Crippen LogP contribution < -0.4 is 4.74 Å². The molecule has 0 aliphatic carbocycles. The molecule has 2 aromatic rings. The third-order valence-electron chi connectivity index (χ3n) is 6.20. The monoisotopic (exact) mass is 464 g/mol. The number of alkyl halides is 3. The number of aliphatic hydroxyl groups is 1. The van der Waals surface area contributed by atoms with E-state index in [0.717, 1.165) is 24.2 Å². The van der Waals surface area contributed by atoms with Gasteiger partial charge < -0.3 is 19.5 Å². The van der Waals surface area contributed by atoms with Crippen LogP contribution in [-0.2, 0) is 4.74 Å². The number of amides is 1. The van der Waals surface area contributed by atoms with Gasteiger partial charge in [-0.1, -0.05) is 24.3 Å². The molecule has 2 aliphatic rings. The highest BCUT2D eigenvalue weighted by atomic mass is 19.4. The van der Waals surface area contributed by atoms with Crippen LogP contribution >= 0.6 is 0 Å². The minimum Gasteiger partial charge on any atom is -0.406 e. The summed E-state index contributed by atoms with van der Waals surface area (Å²) >= 11 is 0. The van der Waals surface area contributed by atoms with Gasteiger partial charge in [0.05, 0.1) is 25.4 Å². The predicted octanol–water partition coefficient (Wildman–Crippen LogP) is 3.47. The Balaban J connectivity index is 1.47. The Labute approximate surface area is 190 Å². The molecule has 2 saturated heterocycles. The first-order valence-electron chi connectivity index (χ1n) is 10.9. The van der Waals surface area contributed by atoms with E-state index in [9.17, 15) is 23.1 Å². The number of benzene rings is 2. The zero-order valence-electron chi connectivity index (χ0n) is 18.4. The lowest BCUT2D eigenvalue weighted by molar-refractivity contribution is -0.274. The smallest absolute Gasteiger partial charge is 0.406 e. The lowest BCUT2D eigenvalue weighted by Gasteiger charge is -2.33. The van der Waals surface area contributed by atoms with E-state index in [0.29, 0.717) is 43.9 Å². The summed E-state index contributed by atoms with van der Waals surface area (Å²) in [6, 6.07) is 10.9. The maximum atomic E-state index is 13.3. The fourth-order valence-corrected chi connectivity index (χ4v) is 4.52. The Morgan fingerprint density at radius 1 is 1.12 bits per heavy atom. The van der Waals surface area contributed by atoms with Gasteiger partial charge >= 0.3 is 6.36 Å². The van der Waals surface area contributed by atoms with Gasteiger partial charge in [0.2, 0.25) is 0 Å². The molecule has 9 heteroatoms. The SMILES string of the molecule is Cc1c(C(=O)N2CC[C@](O)(CN3CCOCC3)C2)cccc1-c1ccc(OC(F)(F)F)cc1. The van der Waals surface area contributed by atoms with Gasteiger partial charge in [0.1, 0.15) is 5.75 Å². The summed E-state index contributed by atoms with van der Waals surface area (Å²) in [5.41, 5.74) is 1.73. The van der Waals surface area contributed by atoms with Crippen molar-refractivity contribution in [2.24, 2.45) is 0 Å². The molecule has 178 valence electrons. The highest BCUT2D eigenvalue weighted by Gasteiger charge is 2.40. The van der Waals surface area contributed by atoms with Crippen LogP contribution in [0.2, 0.25) is 0 Å². The lowest BCUT2D eigenvalue weighted by Crippen LogP contribution is -2.49. The van der Waals surface area contributed by atoms with Gasteiger partial charge in [-0.05, 0) is 48.2 Å². The number of nitrogens with zero attached hydrogens (tertiary/aromatic N) is 2. The van der Waals surface area contributed by atoms with Gasteiger partial charge in [-0.3, -0.25) is 9.69 Å². The standard InChI is InChI=1S/C24H27F3N2O4/c1-17-20(18-5-7-19(8-6-18)33-24(25,26)27)3-2-4-21(17)22(30)29-10-9-23(31,16-29)15-28-11-13-32-14-12-28/h2-8,31H,9-16H2,1H3/t23-/m0/s1. The molecule has 4 rings (SSSR count). The highest BCUT2D eigenvalue weighted by Crippen LogP contribution is 2.31. The second kappa shape index (κ2) is 9.32. The molecule has 33 heavy (non-hydrogen) atoms. The number of hydrogen-bond donors (Lipinski definition) is 1. The molecule has 0 bridgehead atoms. The zero-order valence-corrected chi connectivity index (χ0v) is 18.4. The maximum Gasteiger partial charge on any atom is 0.573 e. The van der Waals surface area contributed by atoms with Crippen LogP contribution in [0.1, 0.15) is 22.3 Å². The van der Waals surface area contributed by atoms with Crippen LogP contribution in [0.3, 0.4) is 0 Å². The molecule has 1 N–H and O–H groups in total. The second-order valence-electron chi connectivity index (χ2n) is 8.64. The number of hydrogen-bond acceptors (Lipinski definition) is 5. The molecule has 0 unspecified atom stereocenters. The van der Waals surface area contributed by atoms with Crippen molar-refractivity contribution < 1.29 is 32.5 Å². The van der Waals surface area contributed by atoms with Crippen LogP contribution in [0, 0.1) is 6.92 Å². The van der Waals surface area contributed by atoms with E-state index in [1.165, 1.54) is 24.3 Å². The summed E-state index contributed by atoms with van der Waals surface area (Å²) in [7, 11) is 0. The molecule has 2 aliphatic heterocycles. The molecular weight excluding hydrogens is 437 g/mol. The third kappa shape index (κ3) is 5.66. The summed E-state index contributed by atoms with van der Waals surface area (Å²) in [5, 5.41) is 11.0. The molecular formula is C24H27F3N2O4. The Morgan fingerprint density at radius 3 is 2.48 bits per heavy atom. The van der Waals surface area contributed by atoms with Crippen LogP contribution in [-0.4, -0.2) is 78.7 Å². The summed E-state index contributed by atoms with van der Waals surface area (Å²) < 4.78 is 46.5. The van der Waals surface area contributed by atoms with Gasteiger partial charge in [0, 0.05) is 31.7 Å². The van der Waals surface area contributed by atoms with Crippen molar-refractivity contribution in [3.8, 4) is 16.9 Å². The quantitative estimate of drug-likeness (QED) is 0.735. The Morgan fingerprint density at radius 2 is 1.82 bits per heavy atom. The molecule has 2 heterocycles. The maximum absolute atomic E-state index is 13.3. The molecule has 0 radical (unpaired) electrons. The van der Waals surface area contributed by atoms with Crippen LogP contribution in [0.15, 0.2) is 42.5 Å². The lowest BCUT2D eigenvalue weighted by atomic mass is 9.95. The molecule has 1 amide bonds. The van der Waals surface area contributed by atoms with E-state index in [1.54, 1.807) is 17.0 Å². The first kappa shape index (κ1) is 23.5. The fraction of sp³-hybridized carbons (Fsp3) is 0.458. The second-order valence-corrected chi connectivity index (χ2v) is 8.64. The molecule has 0 spiro atoms. The number of morpholine rings is 1. The Bertz CT molecular complexity index is 990. The van der Waals surface area contributed by atoms with Crippen molar-refractivity contribution in [3.05, 3.63) is 53.6 Å². The zero-order chi connectivity index (χ0) is 23.6. The number of β-amino-alcohol motifs (C(OH)–C–C–N with tert-alkyl or cyclic N) is 1. The molecule has 0 aromatic heterocycles. The summed E-state index contributed by atoms with van der Waals surface area (Å²) in [5.74, 6) is -0.461. The van der Waals surface area contributed by atoms with Gasteiger partial charge in [0.15, 0.2) is 0 Å². The van der Waals surface area contributed by atoms with E-state index in [4.69, 9.17) is 4.74 Å². The number of rotatable bonds is 5. The van der Waals surface area contributed by atoms with Gasteiger partial charge in [-0.25, -0.2) is 0 Å². The summed E-state index contributed by atoms with van der Waals surface area (Å²) in [4.78, 5) is 17.1. The molecule has 2 fully saturated rings. The van der Waals surface area contributed by atoms with Crippen LogP contribution in [0.25, 0.3) is 11.1 Å². The van der Waals surface area contributed by atoms with E-state index < -0.39 is 12.0 Å². The normalized spacial score (nSPS) is 21.9. The van der Waals surface area contributed by atoms with Gasteiger partial charge in [0.25, 0.3) is 5.91 Å². The van der Waals surface area contributed by atoms with Crippen LogP contribution in [0.5, 0.6) is 5.75 Å². The van der Waals surface area contributed by atoms with Gasteiger partial charge in [-0.2, -0.15) is 0 Å². The van der Waals surface area contributed by atoms with E-state index in [2.05, 4.69) is 9.64 Å². The highest BCUT2D eigenvalue weighted by molar-refractivity contribution is 5.97. The average Bonchev–Trinajstić information content (AvgIpc) is 3.15. The van der Waals surface area contributed by atoms with E-state index >= 15 is 0 Å². The average molecular weight is 464 g/mol. The van der Waals surface area contributed by atoms with Crippen molar-refractivity contribution in [2.45, 2.75) is 25.3 Å². The molecule has 6 nitrogen and oxygen atoms in total. The topological polar surface area (TPSA) is 62.2 Å². The summed E-state index contributed by atoms with van der Waals surface area (Å²) in [6.07, 6.45) is -4.24. The number of halogens is 3. The van der Waals surface area contributed by atoms with Crippen molar-refractivity contribution in [1.82, 2.24) is 9.80 Å². The number of carbonyl (C=O) groups is 1. The first-order valence-corrected chi connectivity index (χ1v) is 10.9. The van der Waals surface area contributed by atoms with Gasteiger partial charge in [-0.15, -0.1) is 13.2 Å². The number of carbonyl (C=O) groups excluding carboxylic acids is 1. The minimum absolute atomic E-state index is 0.163. The van der Waals surface area contributed by atoms with Crippen molar-refractivity contribution in [2.75, 3.05) is 45.9 Å². The minimum atomic E-state index is -4.75. The molecule has 2 aromatic carbocycles. The Hall–Kier alpha value is -2.62. The molecule has 0 saturated carbocycles. The summed E-state index contributed by atoms with van der Waals surface area (Å²) in [6.45, 7) is 5.88. The van der Waals surface area contributed by atoms with Crippen molar-refractivity contribution in [3.63, 3.8) is 0 Å². The third-order valence-corrected chi connectivity index (χ3v) is 6.20. The predicted molar refractivity (Wildman–Crippen MR) is 116 cm³/mol.